The molecule has 2 aromatic carbocycles. The van der Waals surface area contributed by atoms with E-state index in [9.17, 15) is 19.8 Å². The highest BCUT2D eigenvalue weighted by Gasteiger charge is 2.27. The maximum atomic E-state index is 11.4. The molecular weight excluding hydrogens is 304 g/mol. The van der Waals surface area contributed by atoms with Crippen molar-refractivity contribution in [2.75, 3.05) is 0 Å². The van der Waals surface area contributed by atoms with E-state index < -0.39 is 5.97 Å². The van der Waals surface area contributed by atoms with Crippen molar-refractivity contribution in [1.82, 2.24) is 0 Å². The maximum Gasteiger partial charge on any atom is 0.303 e. The van der Waals surface area contributed by atoms with Crippen LogP contribution in [0.2, 0.25) is 0 Å². The number of carboxylic acids is 1. The zero-order chi connectivity index (χ0) is 17.3. The second-order valence-electron chi connectivity index (χ2n) is 6.27. The fourth-order valence-electron chi connectivity index (χ4n) is 3.84. The zero-order valence-corrected chi connectivity index (χ0v) is 13.6. The van der Waals surface area contributed by atoms with Crippen LogP contribution >= 0.6 is 0 Å². The summed E-state index contributed by atoms with van der Waals surface area (Å²) in [4.78, 5) is 22.7. The minimum absolute atomic E-state index is 0.00904. The Labute approximate surface area is 140 Å². The van der Waals surface area contributed by atoms with E-state index in [1.54, 1.807) is 6.07 Å². The van der Waals surface area contributed by atoms with Crippen molar-refractivity contribution in [3.05, 3.63) is 63.7 Å². The van der Waals surface area contributed by atoms with Gasteiger partial charge in [0.2, 0.25) is 0 Å². The number of carbonyl (C=O) groups is 2. The SMILES string of the molecule is CCc1c(C=O)c(O)cc2c1C[C@@H](CC(=O)O)c1ccccc1C2. The van der Waals surface area contributed by atoms with Crippen molar-refractivity contribution in [1.29, 1.82) is 0 Å². The van der Waals surface area contributed by atoms with Crippen LogP contribution < -0.4 is 0 Å². The summed E-state index contributed by atoms with van der Waals surface area (Å²) < 4.78 is 0. The Kier molecular flexibility index (Phi) is 4.38. The largest absolute Gasteiger partial charge is 0.507 e. The smallest absolute Gasteiger partial charge is 0.303 e. The number of benzene rings is 2. The quantitative estimate of drug-likeness (QED) is 0.845. The van der Waals surface area contributed by atoms with E-state index in [-0.39, 0.29) is 18.1 Å². The third-order valence-corrected chi connectivity index (χ3v) is 4.88. The third kappa shape index (κ3) is 2.80. The summed E-state index contributed by atoms with van der Waals surface area (Å²) >= 11 is 0. The standard InChI is InChI=1S/C20H20O4/c1-2-15-17-8-14(10-20(23)24)16-6-4-3-5-12(16)7-13(17)9-19(22)18(15)11-21/h3-6,9,11,14,22H,2,7-8,10H2,1H3,(H,23,24)/t14-/m0/s1. The number of aliphatic carboxylic acids is 1. The molecule has 1 aliphatic rings. The third-order valence-electron chi connectivity index (χ3n) is 4.88. The molecule has 0 spiro atoms. The van der Waals surface area contributed by atoms with Crippen molar-refractivity contribution in [2.45, 2.75) is 38.5 Å². The lowest BCUT2D eigenvalue weighted by atomic mass is 9.86. The van der Waals surface area contributed by atoms with Crippen LogP contribution in [0.4, 0.5) is 0 Å². The van der Waals surface area contributed by atoms with Crippen molar-refractivity contribution < 1.29 is 19.8 Å². The first kappa shape index (κ1) is 16.2. The van der Waals surface area contributed by atoms with Gasteiger partial charge in [-0.2, -0.15) is 0 Å². The summed E-state index contributed by atoms with van der Waals surface area (Å²) in [6.45, 7) is 1.95. The van der Waals surface area contributed by atoms with Gasteiger partial charge in [0.05, 0.1) is 12.0 Å². The van der Waals surface area contributed by atoms with Crippen LogP contribution in [0.5, 0.6) is 5.75 Å². The van der Waals surface area contributed by atoms with Gasteiger partial charge in [0, 0.05) is 0 Å². The molecule has 0 aliphatic heterocycles. The topological polar surface area (TPSA) is 74.6 Å². The lowest BCUT2D eigenvalue weighted by molar-refractivity contribution is -0.137. The Morgan fingerprint density at radius 3 is 2.71 bits per heavy atom. The molecule has 0 fully saturated rings. The first-order valence-electron chi connectivity index (χ1n) is 8.16. The van der Waals surface area contributed by atoms with Gasteiger partial charge in [0.1, 0.15) is 5.75 Å². The average Bonchev–Trinajstić information content (AvgIpc) is 2.69. The number of hydrogen-bond donors (Lipinski definition) is 2. The van der Waals surface area contributed by atoms with E-state index in [4.69, 9.17) is 0 Å². The normalized spacial score (nSPS) is 16.0. The average molecular weight is 324 g/mol. The predicted octanol–water partition coefficient (Wildman–Crippen LogP) is 3.47. The molecule has 0 saturated carbocycles. The number of fused-ring (bicyclic) bond motifs is 2. The lowest BCUT2D eigenvalue weighted by Crippen LogP contribution is -2.11. The van der Waals surface area contributed by atoms with Gasteiger partial charge in [-0.05, 0) is 59.1 Å². The van der Waals surface area contributed by atoms with Crippen LogP contribution in [-0.4, -0.2) is 22.5 Å². The van der Waals surface area contributed by atoms with Gasteiger partial charge in [-0.15, -0.1) is 0 Å². The predicted molar refractivity (Wildman–Crippen MR) is 90.8 cm³/mol. The molecule has 3 rings (SSSR count). The van der Waals surface area contributed by atoms with Crippen LogP contribution in [0.3, 0.4) is 0 Å². The minimum atomic E-state index is -0.828. The Morgan fingerprint density at radius 2 is 2.04 bits per heavy atom. The Bertz CT molecular complexity index is 808. The molecule has 4 heteroatoms. The highest BCUT2D eigenvalue weighted by molar-refractivity contribution is 5.83. The molecule has 1 atom stereocenters. The molecule has 0 saturated heterocycles. The first-order chi connectivity index (χ1) is 11.5. The molecule has 124 valence electrons. The molecule has 0 amide bonds. The van der Waals surface area contributed by atoms with Crippen molar-refractivity contribution in [2.24, 2.45) is 0 Å². The number of carboxylic acid groups (broad SMARTS) is 1. The van der Waals surface area contributed by atoms with Gasteiger partial charge in [0.15, 0.2) is 6.29 Å². The molecule has 1 aliphatic carbocycles. The molecule has 4 nitrogen and oxygen atoms in total. The molecule has 0 aromatic heterocycles. The molecule has 0 radical (unpaired) electrons. The van der Waals surface area contributed by atoms with Crippen LogP contribution in [0, 0.1) is 0 Å². The highest BCUT2D eigenvalue weighted by atomic mass is 16.4. The van der Waals surface area contributed by atoms with E-state index >= 15 is 0 Å². The molecule has 0 heterocycles. The first-order valence-corrected chi connectivity index (χ1v) is 8.16. The molecule has 0 unspecified atom stereocenters. The molecule has 0 bridgehead atoms. The van der Waals surface area contributed by atoms with Gasteiger partial charge in [-0.1, -0.05) is 31.2 Å². The number of phenolic OH excluding ortho intramolecular Hbond substituents is 1. The highest BCUT2D eigenvalue weighted by Crippen LogP contribution is 2.38. The Hall–Kier alpha value is -2.62. The second-order valence-corrected chi connectivity index (χ2v) is 6.27. The number of aldehydes is 1. The summed E-state index contributed by atoms with van der Waals surface area (Å²) in [5.41, 5.74) is 5.29. The number of hydrogen-bond acceptors (Lipinski definition) is 3. The van der Waals surface area contributed by atoms with Gasteiger partial charge in [-0.25, -0.2) is 0 Å². The Balaban J connectivity index is 2.21. The van der Waals surface area contributed by atoms with Gasteiger partial charge in [-0.3, -0.25) is 9.59 Å². The zero-order valence-electron chi connectivity index (χ0n) is 13.6. The molecule has 24 heavy (non-hydrogen) atoms. The molecule has 2 aromatic rings. The van der Waals surface area contributed by atoms with Gasteiger partial charge < -0.3 is 10.2 Å². The van der Waals surface area contributed by atoms with E-state index in [0.29, 0.717) is 31.1 Å². The Morgan fingerprint density at radius 1 is 1.29 bits per heavy atom. The maximum absolute atomic E-state index is 11.4. The summed E-state index contributed by atoms with van der Waals surface area (Å²) in [5.74, 6) is -0.949. The fraction of sp³-hybridized carbons (Fsp3) is 0.300. The van der Waals surface area contributed by atoms with Crippen LogP contribution in [0.15, 0.2) is 30.3 Å². The van der Waals surface area contributed by atoms with E-state index in [1.807, 2.05) is 31.2 Å². The van der Waals surface area contributed by atoms with Crippen LogP contribution in [-0.2, 0) is 24.1 Å². The number of carbonyl (C=O) groups excluding carboxylic acids is 1. The van der Waals surface area contributed by atoms with Crippen LogP contribution in [0.1, 0.15) is 57.4 Å². The lowest BCUT2D eigenvalue weighted by Gasteiger charge is -2.19. The molecular formula is C20H20O4. The fourth-order valence-corrected chi connectivity index (χ4v) is 3.84. The second kappa shape index (κ2) is 6.48. The number of aromatic hydroxyl groups is 1. The van der Waals surface area contributed by atoms with Crippen molar-refractivity contribution >= 4 is 12.3 Å². The van der Waals surface area contributed by atoms with E-state index in [2.05, 4.69) is 0 Å². The summed E-state index contributed by atoms with van der Waals surface area (Å²) in [7, 11) is 0. The summed E-state index contributed by atoms with van der Waals surface area (Å²) in [6.07, 6.45) is 2.58. The van der Waals surface area contributed by atoms with Crippen molar-refractivity contribution in [3.8, 4) is 5.75 Å². The van der Waals surface area contributed by atoms with Gasteiger partial charge in [0.25, 0.3) is 0 Å². The molecule has 2 N–H and O–H groups in total. The van der Waals surface area contributed by atoms with E-state index in [1.165, 1.54) is 0 Å². The van der Waals surface area contributed by atoms with Gasteiger partial charge >= 0.3 is 5.97 Å². The monoisotopic (exact) mass is 324 g/mol. The summed E-state index contributed by atoms with van der Waals surface area (Å²) in [6, 6.07) is 9.54. The minimum Gasteiger partial charge on any atom is -0.507 e. The van der Waals surface area contributed by atoms with Crippen LogP contribution in [0.25, 0.3) is 0 Å². The number of phenols is 1. The van der Waals surface area contributed by atoms with E-state index in [0.717, 1.165) is 27.8 Å². The number of rotatable bonds is 4. The summed E-state index contributed by atoms with van der Waals surface area (Å²) in [5, 5.41) is 19.5. The van der Waals surface area contributed by atoms with Crippen molar-refractivity contribution in [3.63, 3.8) is 0 Å².